The van der Waals surface area contributed by atoms with Gasteiger partial charge in [0.2, 0.25) is 5.01 Å². The van der Waals surface area contributed by atoms with Gasteiger partial charge in [0.15, 0.2) is 5.01 Å². The quantitative estimate of drug-likeness (QED) is 0.364. The molecular formula is C27H33N5O3S. The van der Waals surface area contributed by atoms with E-state index in [0.29, 0.717) is 28.8 Å². The number of carbonyl (C=O) groups is 2. The van der Waals surface area contributed by atoms with Gasteiger partial charge in [-0.15, -0.1) is 10.2 Å². The number of hydrogen-bond acceptors (Lipinski definition) is 7. The molecule has 1 aromatic heterocycles. The second-order valence-electron chi connectivity index (χ2n) is 8.84. The number of carbonyl (C=O) groups excluding carboxylic acids is 2. The highest BCUT2D eigenvalue weighted by Crippen LogP contribution is 2.20. The first-order chi connectivity index (χ1) is 17.6. The van der Waals surface area contributed by atoms with Gasteiger partial charge < -0.3 is 20.3 Å². The second kappa shape index (κ2) is 13.1. The molecule has 2 aromatic carbocycles. The summed E-state index contributed by atoms with van der Waals surface area (Å²) in [5.41, 5.74) is 1.15. The first-order valence-electron chi connectivity index (χ1n) is 12.6. The molecule has 0 saturated carbocycles. The number of benzene rings is 2. The lowest BCUT2D eigenvalue weighted by molar-refractivity contribution is 0.0946. The van der Waals surface area contributed by atoms with E-state index < -0.39 is 0 Å². The van der Waals surface area contributed by atoms with Crippen LogP contribution in [0.1, 0.15) is 64.2 Å². The highest BCUT2D eigenvalue weighted by molar-refractivity contribution is 7.13. The van der Waals surface area contributed by atoms with Crippen LogP contribution in [-0.4, -0.2) is 52.6 Å². The lowest BCUT2D eigenvalue weighted by Gasteiger charge is -2.35. The molecule has 1 aliphatic rings. The summed E-state index contributed by atoms with van der Waals surface area (Å²) >= 11 is 1.18. The minimum atomic E-state index is -0.348. The standard InChI is InChI=1S/C27H33N5O3S/c1-2-22-9-6-7-17-32(22)18-8-16-28-25(33)20-12-14-21(15-13-20)29-26(34)27-31-30-24(36-27)19-35-23-10-4-3-5-11-23/h3-5,10-15,22H,2,6-9,16-19H2,1H3,(H,28,33)(H,29,34)/t22-/m1/s1. The zero-order valence-corrected chi connectivity index (χ0v) is 21.4. The Hall–Kier alpha value is -3.30. The first kappa shape index (κ1) is 25.8. The smallest absolute Gasteiger partial charge is 0.286 e. The van der Waals surface area contributed by atoms with Crippen molar-refractivity contribution in [3.63, 3.8) is 0 Å². The Balaban J connectivity index is 1.20. The number of hydrogen-bond donors (Lipinski definition) is 2. The van der Waals surface area contributed by atoms with E-state index in [2.05, 4.69) is 32.7 Å². The van der Waals surface area contributed by atoms with Gasteiger partial charge in [-0.05, 0) is 68.6 Å². The molecule has 0 bridgehead atoms. The fourth-order valence-corrected chi connectivity index (χ4v) is 5.01. The van der Waals surface area contributed by atoms with Gasteiger partial charge in [0, 0.05) is 30.4 Å². The van der Waals surface area contributed by atoms with Crippen LogP contribution in [0.3, 0.4) is 0 Å². The highest BCUT2D eigenvalue weighted by atomic mass is 32.1. The van der Waals surface area contributed by atoms with E-state index in [9.17, 15) is 9.59 Å². The van der Waals surface area contributed by atoms with E-state index >= 15 is 0 Å². The summed E-state index contributed by atoms with van der Waals surface area (Å²) in [5.74, 6) is 0.277. The maximum absolute atomic E-state index is 12.5. The van der Waals surface area contributed by atoms with Crippen molar-refractivity contribution in [3.8, 4) is 5.75 Å². The van der Waals surface area contributed by atoms with Crippen molar-refractivity contribution in [1.29, 1.82) is 0 Å². The topological polar surface area (TPSA) is 96.5 Å². The van der Waals surface area contributed by atoms with E-state index in [4.69, 9.17) is 4.74 Å². The van der Waals surface area contributed by atoms with Crippen LogP contribution in [0.15, 0.2) is 54.6 Å². The van der Waals surface area contributed by atoms with Crippen LogP contribution in [0, 0.1) is 0 Å². The Morgan fingerprint density at radius 3 is 2.64 bits per heavy atom. The van der Waals surface area contributed by atoms with Gasteiger partial charge >= 0.3 is 0 Å². The number of likely N-dealkylation sites (tertiary alicyclic amines) is 1. The molecule has 1 aliphatic heterocycles. The Bertz CT molecular complexity index is 1120. The molecule has 0 radical (unpaired) electrons. The summed E-state index contributed by atoms with van der Waals surface area (Å²) in [6, 6.07) is 16.9. The third-order valence-corrected chi connectivity index (χ3v) is 7.20. The number of amides is 2. The second-order valence-corrected chi connectivity index (χ2v) is 9.90. The Morgan fingerprint density at radius 1 is 1.06 bits per heavy atom. The molecule has 2 N–H and O–H groups in total. The maximum atomic E-state index is 12.5. The fourth-order valence-electron chi connectivity index (χ4n) is 4.36. The van der Waals surface area contributed by atoms with Gasteiger partial charge in [-0.1, -0.05) is 42.9 Å². The largest absolute Gasteiger partial charge is 0.486 e. The third kappa shape index (κ3) is 7.35. The molecular weight excluding hydrogens is 474 g/mol. The number of para-hydroxylation sites is 1. The van der Waals surface area contributed by atoms with Crippen molar-refractivity contribution < 1.29 is 14.3 Å². The van der Waals surface area contributed by atoms with Crippen LogP contribution in [0.4, 0.5) is 5.69 Å². The zero-order valence-electron chi connectivity index (χ0n) is 20.6. The minimum Gasteiger partial charge on any atom is -0.486 e. The number of rotatable bonds is 11. The van der Waals surface area contributed by atoms with Gasteiger partial charge in [0.05, 0.1) is 0 Å². The molecule has 8 nitrogen and oxygen atoms in total. The highest BCUT2D eigenvalue weighted by Gasteiger charge is 2.20. The van der Waals surface area contributed by atoms with Gasteiger partial charge in [0.1, 0.15) is 12.4 Å². The Morgan fingerprint density at radius 2 is 1.86 bits per heavy atom. The zero-order chi connectivity index (χ0) is 25.2. The number of nitrogens with one attached hydrogen (secondary N) is 2. The normalized spacial score (nSPS) is 15.9. The van der Waals surface area contributed by atoms with Crippen molar-refractivity contribution in [2.24, 2.45) is 0 Å². The van der Waals surface area contributed by atoms with Crippen LogP contribution in [-0.2, 0) is 6.61 Å². The monoisotopic (exact) mass is 507 g/mol. The number of aromatic nitrogens is 2. The minimum absolute atomic E-state index is 0.106. The molecule has 1 saturated heterocycles. The molecule has 3 aromatic rings. The Labute approximate surface area is 216 Å². The number of anilines is 1. The van der Waals surface area contributed by atoms with Crippen molar-refractivity contribution in [1.82, 2.24) is 20.4 Å². The van der Waals surface area contributed by atoms with Crippen molar-refractivity contribution in [3.05, 3.63) is 70.2 Å². The molecule has 36 heavy (non-hydrogen) atoms. The summed E-state index contributed by atoms with van der Waals surface area (Å²) in [7, 11) is 0. The molecule has 0 unspecified atom stereocenters. The Kier molecular flexibility index (Phi) is 9.40. The van der Waals surface area contributed by atoms with Crippen LogP contribution in [0.5, 0.6) is 5.75 Å². The third-order valence-electron chi connectivity index (χ3n) is 6.30. The summed E-state index contributed by atoms with van der Waals surface area (Å²) in [4.78, 5) is 27.6. The molecule has 2 heterocycles. The predicted octanol–water partition coefficient (Wildman–Crippen LogP) is 4.75. The van der Waals surface area contributed by atoms with Crippen molar-refractivity contribution >= 4 is 28.8 Å². The van der Waals surface area contributed by atoms with E-state index in [1.165, 1.54) is 43.6 Å². The lowest BCUT2D eigenvalue weighted by Crippen LogP contribution is -2.40. The van der Waals surface area contributed by atoms with Crippen LogP contribution in [0.2, 0.25) is 0 Å². The number of nitrogens with zero attached hydrogens (tertiary/aromatic N) is 3. The van der Waals surface area contributed by atoms with Gasteiger partial charge in [-0.25, -0.2) is 0 Å². The van der Waals surface area contributed by atoms with Crippen LogP contribution >= 0.6 is 11.3 Å². The maximum Gasteiger partial charge on any atom is 0.286 e. The molecule has 9 heteroatoms. The molecule has 0 aliphatic carbocycles. The molecule has 2 amide bonds. The first-order valence-corrected chi connectivity index (χ1v) is 13.4. The molecule has 1 atom stereocenters. The van der Waals surface area contributed by atoms with Crippen molar-refractivity contribution in [2.45, 2.75) is 51.7 Å². The van der Waals surface area contributed by atoms with Crippen LogP contribution < -0.4 is 15.4 Å². The van der Waals surface area contributed by atoms with Crippen LogP contribution in [0.25, 0.3) is 0 Å². The average Bonchev–Trinajstić information content (AvgIpc) is 3.40. The summed E-state index contributed by atoms with van der Waals surface area (Å²) in [6.07, 6.45) is 6.02. The number of ether oxygens (including phenoxy) is 1. The van der Waals surface area contributed by atoms with E-state index in [0.717, 1.165) is 18.7 Å². The van der Waals surface area contributed by atoms with Gasteiger partial charge in [-0.3, -0.25) is 9.59 Å². The van der Waals surface area contributed by atoms with E-state index in [1.54, 1.807) is 24.3 Å². The lowest BCUT2D eigenvalue weighted by atomic mass is 10.00. The molecule has 0 spiro atoms. The average molecular weight is 508 g/mol. The summed E-state index contributed by atoms with van der Waals surface area (Å²) in [5, 5.41) is 14.7. The van der Waals surface area contributed by atoms with E-state index in [1.807, 2.05) is 30.3 Å². The van der Waals surface area contributed by atoms with Gasteiger partial charge in [0.25, 0.3) is 11.8 Å². The fraction of sp³-hybridized carbons (Fsp3) is 0.407. The van der Waals surface area contributed by atoms with Gasteiger partial charge in [-0.2, -0.15) is 0 Å². The molecule has 4 rings (SSSR count). The SMILES string of the molecule is CC[C@@H]1CCCCN1CCCNC(=O)c1ccc(NC(=O)c2nnc(COc3ccccc3)s2)cc1. The van der Waals surface area contributed by atoms with Crippen molar-refractivity contribution in [2.75, 3.05) is 25.0 Å². The molecule has 190 valence electrons. The summed E-state index contributed by atoms with van der Waals surface area (Å²) in [6.45, 7) is 5.34. The molecule has 1 fully saturated rings. The number of piperidine rings is 1. The summed E-state index contributed by atoms with van der Waals surface area (Å²) < 4.78 is 5.65. The predicted molar refractivity (Wildman–Crippen MR) is 142 cm³/mol. The van der Waals surface area contributed by atoms with E-state index in [-0.39, 0.29) is 23.4 Å².